The molecule has 2 rings (SSSR count). The van der Waals surface area contributed by atoms with E-state index < -0.39 is 5.97 Å². The lowest BCUT2D eigenvalue weighted by atomic mass is 9.95. The van der Waals surface area contributed by atoms with Gasteiger partial charge in [0.2, 0.25) is 0 Å². The number of nitrogens with one attached hydrogen (secondary N) is 1. The van der Waals surface area contributed by atoms with Crippen LogP contribution < -0.4 is 0 Å². The van der Waals surface area contributed by atoms with Gasteiger partial charge in [-0.3, -0.25) is 9.69 Å². The average molecular weight is 223 g/mol. The Kier molecular flexibility index (Phi) is 3.24. The first-order valence-corrected chi connectivity index (χ1v) is 5.64. The number of likely N-dealkylation sites (tertiary alicyclic amines) is 1. The molecule has 1 saturated heterocycles. The van der Waals surface area contributed by atoms with Crippen LogP contribution in [0.3, 0.4) is 0 Å². The predicted molar refractivity (Wildman–Crippen MR) is 59.2 cm³/mol. The Balaban J connectivity index is 1.90. The number of carboxylic acid groups (broad SMARTS) is 1. The van der Waals surface area contributed by atoms with Crippen molar-refractivity contribution in [2.45, 2.75) is 31.7 Å². The second-order valence-corrected chi connectivity index (χ2v) is 4.30. The maximum absolute atomic E-state index is 10.8. The molecule has 0 aliphatic carbocycles. The molecule has 1 aliphatic heterocycles. The van der Waals surface area contributed by atoms with Crippen molar-refractivity contribution in [3.8, 4) is 0 Å². The topological polar surface area (TPSA) is 69.2 Å². The van der Waals surface area contributed by atoms with Crippen molar-refractivity contribution in [1.29, 1.82) is 0 Å². The van der Waals surface area contributed by atoms with Gasteiger partial charge in [0.05, 0.1) is 0 Å². The highest BCUT2D eigenvalue weighted by molar-refractivity contribution is 5.72. The van der Waals surface area contributed by atoms with Crippen molar-refractivity contribution in [3.63, 3.8) is 0 Å². The van der Waals surface area contributed by atoms with Crippen LogP contribution in [0.15, 0.2) is 12.4 Å². The van der Waals surface area contributed by atoms with E-state index in [-0.39, 0.29) is 6.04 Å². The molecule has 1 fully saturated rings. The van der Waals surface area contributed by atoms with Crippen LogP contribution in [-0.4, -0.2) is 45.1 Å². The van der Waals surface area contributed by atoms with E-state index in [1.165, 1.54) is 0 Å². The van der Waals surface area contributed by atoms with Crippen molar-refractivity contribution in [1.82, 2.24) is 14.9 Å². The summed E-state index contributed by atoms with van der Waals surface area (Å²) in [5.41, 5.74) is 0. The van der Waals surface area contributed by atoms with Gasteiger partial charge in [-0.2, -0.15) is 0 Å². The Morgan fingerprint density at radius 3 is 2.81 bits per heavy atom. The number of hydrogen-bond acceptors (Lipinski definition) is 3. The second kappa shape index (κ2) is 4.65. The van der Waals surface area contributed by atoms with Gasteiger partial charge in [-0.05, 0) is 32.9 Å². The summed E-state index contributed by atoms with van der Waals surface area (Å²) in [6, 6.07) is -0.377. The Hall–Kier alpha value is -1.36. The third kappa shape index (κ3) is 2.24. The van der Waals surface area contributed by atoms with E-state index in [1.54, 1.807) is 13.1 Å². The van der Waals surface area contributed by atoms with Crippen LogP contribution in [0.2, 0.25) is 0 Å². The molecule has 2 N–H and O–H groups in total. The maximum atomic E-state index is 10.8. The minimum Gasteiger partial charge on any atom is -0.480 e. The molecule has 88 valence electrons. The van der Waals surface area contributed by atoms with E-state index in [2.05, 4.69) is 9.97 Å². The van der Waals surface area contributed by atoms with Gasteiger partial charge in [0, 0.05) is 18.3 Å². The van der Waals surface area contributed by atoms with E-state index >= 15 is 0 Å². The Labute approximate surface area is 94.5 Å². The van der Waals surface area contributed by atoms with Gasteiger partial charge in [-0.15, -0.1) is 0 Å². The Morgan fingerprint density at radius 1 is 1.62 bits per heavy atom. The summed E-state index contributed by atoms with van der Waals surface area (Å²) in [5, 5.41) is 8.92. The zero-order valence-corrected chi connectivity index (χ0v) is 9.39. The zero-order chi connectivity index (χ0) is 11.5. The number of piperidine rings is 1. The quantitative estimate of drug-likeness (QED) is 0.804. The number of aliphatic carboxylic acids is 1. The molecule has 1 aromatic rings. The van der Waals surface area contributed by atoms with Crippen LogP contribution in [0.25, 0.3) is 0 Å². The van der Waals surface area contributed by atoms with Crippen LogP contribution >= 0.6 is 0 Å². The van der Waals surface area contributed by atoms with E-state index in [9.17, 15) is 4.79 Å². The molecular weight excluding hydrogens is 206 g/mol. The van der Waals surface area contributed by atoms with Gasteiger partial charge in [-0.1, -0.05) is 0 Å². The van der Waals surface area contributed by atoms with Crippen molar-refractivity contribution in [3.05, 3.63) is 18.2 Å². The summed E-state index contributed by atoms with van der Waals surface area (Å²) in [7, 11) is 0. The monoisotopic (exact) mass is 223 g/mol. The number of aromatic nitrogens is 2. The summed E-state index contributed by atoms with van der Waals surface area (Å²) in [6.07, 6.45) is 5.55. The summed E-state index contributed by atoms with van der Waals surface area (Å²) >= 11 is 0. The average Bonchev–Trinajstić information content (AvgIpc) is 2.81. The van der Waals surface area contributed by atoms with Crippen LogP contribution in [0, 0.1) is 0 Å². The number of carboxylic acids is 1. The number of imidazole rings is 1. The highest BCUT2D eigenvalue weighted by atomic mass is 16.4. The molecule has 5 heteroatoms. The van der Waals surface area contributed by atoms with E-state index in [1.807, 2.05) is 11.1 Å². The molecule has 5 nitrogen and oxygen atoms in total. The molecule has 1 aromatic heterocycles. The summed E-state index contributed by atoms with van der Waals surface area (Å²) in [6.45, 7) is 3.41. The molecule has 0 radical (unpaired) electrons. The lowest BCUT2D eigenvalue weighted by Crippen LogP contribution is -2.43. The summed E-state index contributed by atoms with van der Waals surface area (Å²) in [4.78, 5) is 20.2. The zero-order valence-electron chi connectivity index (χ0n) is 9.39. The fraction of sp³-hybridized carbons (Fsp3) is 0.636. The molecule has 0 saturated carbocycles. The van der Waals surface area contributed by atoms with E-state index in [4.69, 9.17) is 5.11 Å². The van der Waals surface area contributed by atoms with Crippen molar-refractivity contribution in [2.24, 2.45) is 0 Å². The molecule has 2 heterocycles. The number of rotatable bonds is 3. The molecule has 0 spiro atoms. The highest BCUT2D eigenvalue weighted by Crippen LogP contribution is 2.26. The van der Waals surface area contributed by atoms with Crippen LogP contribution in [0.4, 0.5) is 0 Å². The first-order chi connectivity index (χ1) is 7.68. The minimum atomic E-state index is -0.739. The fourth-order valence-corrected chi connectivity index (χ4v) is 2.22. The van der Waals surface area contributed by atoms with Crippen molar-refractivity contribution in [2.75, 3.05) is 13.1 Å². The van der Waals surface area contributed by atoms with Gasteiger partial charge >= 0.3 is 5.97 Å². The van der Waals surface area contributed by atoms with E-state index in [0.29, 0.717) is 5.92 Å². The van der Waals surface area contributed by atoms with Crippen LogP contribution in [0.1, 0.15) is 31.5 Å². The molecule has 0 bridgehead atoms. The fourth-order valence-electron chi connectivity index (χ4n) is 2.22. The lowest BCUT2D eigenvalue weighted by Gasteiger charge is -2.33. The molecule has 0 aromatic carbocycles. The Bertz CT molecular complexity index is 342. The minimum absolute atomic E-state index is 0.377. The third-order valence-electron chi connectivity index (χ3n) is 3.34. The van der Waals surface area contributed by atoms with Crippen molar-refractivity contribution >= 4 is 5.97 Å². The maximum Gasteiger partial charge on any atom is 0.320 e. The number of aromatic amines is 1. The Morgan fingerprint density at radius 2 is 2.31 bits per heavy atom. The standard InChI is InChI=1S/C11H17N3O2/c1-8(11(15)16)14-6-2-9(3-7-14)10-12-4-5-13-10/h4-5,8-9H,2-3,6-7H2,1H3,(H,12,13)(H,15,16). The smallest absolute Gasteiger partial charge is 0.320 e. The van der Waals surface area contributed by atoms with Gasteiger partial charge in [-0.25, -0.2) is 4.98 Å². The lowest BCUT2D eigenvalue weighted by molar-refractivity contribution is -0.143. The molecule has 1 unspecified atom stereocenters. The SMILES string of the molecule is CC(C(=O)O)N1CCC(c2ncc[nH]2)CC1. The van der Waals surface area contributed by atoms with Crippen molar-refractivity contribution < 1.29 is 9.90 Å². The van der Waals surface area contributed by atoms with Gasteiger partial charge in [0.15, 0.2) is 0 Å². The largest absolute Gasteiger partial charge is 0.480 e. The highest BCUT2D eigenvalue weighted by Gasteiger charge is 2.27. The molecule has 1 aliphatic rings. The van der Waals surface area contributed by atoms with Crippen LogP contribution in [0.5, 0.6) is 0 Å². The normalized spacial score (nSPS) is 20.8. The number of H-pyrrole nitrogens is 1. The molecule has 0 amide bonds. The van der Waals surface area contributed by atoms with E-state index in [0.717, 1.165) is 31.8 Å². The van der Waals surface area contributed by atoms with Crippen LogP contribution in [-0.2, 0) is 4.79 Å². The second-order valence-electron chi connectivity index (χ2n) is 4.30. The molecular formula is C11H17N3O2. The predicted octanol–water partition coefficient (Wildman–Crippen LogP) is 1.06. The molecule has 16 heavy (non-hydrogen) atoms. The number of hydrogen-bond donors (Lipinski definition) is 2. The summed E-state index contributed by atoms with van der Waals surface area (Å²) < 4.78 is 0. The summed E-state index contributed by atoms with van der Waals surface area (Å²) in [5.74, 6) is 0.742. The first kappa shape index (κ1) is 11.1. The third-order valence-corrected chi connectivity index (χ3v) is 3.34. The van der Waals surface area contributed by atoms with Gasteiger partial charge in [0.1, 0.15) is 11.9 Å². The molecule has 1 atom stereocenters. The van der Waals surface area contributed by atoms with Gasteiger partial charge < -0.3 is 10.1 Å². The first-order valence-electron chi connectivity index (χ1n) is 5.64. The number of nitrogens with zero attached hydrogens (tertiary/aromatic N) is 2. The van der Waals surface area contributed by atoms with Gasteiger partial charge in [0.25, 0.3) is 0 Å². The number of carbonyl (C=O) groups is 1.